The van der Waals surface area contributed by atoms with Gasteiger partial charge in [-0.1, -0.05) is 34.1 Å². The van der Waals surface area contributed by atoms with Gasteiger partial charge in [0.25, 0.3) is 0 Å². The molecule has 0 fully saturated rings. The summed E-state index contributed by atoms with van der Waals surface area (Å²) in [5.41, 5.74) is 6.36. The monoisotopic (exact) mass is 341 g/mol. The standard InChI is InChI=1S/C18H16BrNO/c19-14-6-2-5-13(7-14)15-10-18(21)20-17-9-12-4-1-3-11(12)8-16(15)17/h2,5-9,15H,1,3-4,10H2,(H,20,21)/t15-/m1/s1. The molecule has 1 N–H and O–H groups in total. The third-order valence-corrected chi connectivity index (χ3v) is 5.05. The maximum atomic E-state index is 12.1. The molecule has 1 heterocycles. The number of amides is 1. The van der Waals surface area contributed by atoms with Gasteiger partial charge in [0.15, 0.2) is 0 Å². The summed E-state index contributed by atoms with van der Waals surface area (Å²) in [5, 5.41) is 3.05. The molecule has 0 saturated heterocycles. The quantitative estimate of drug-likeness (QED) is 0.817. The Labute approximate surface area is 132 Å². The van der Waals surface area contributed by atoms with Gasteiger partial charge in [0.05, 0.1) is 0 Å². The SMILES string of the molecule is O=C1C[C@H](c2cccc(Br)c2)c2cc3c(cc2N1)CCC3. The second-order valence-electron chi connectivity index (χ2n) is 5.92. The summed E-state index contributed by atoms with van der Waals surface area (Å²) < 4.78 is 1.06. The summed E-state index contributed by atoms with van der Waals surface area (Å²) in [4.78, 5) is 12.1. The topological polar surface area (TPSA) is 29.1 Å². The number of halogens is 1. The Morgan fingerprint density at radius 3 is 2.71 bits per heavy atom. The summed E-state index contributed by atoms with van der Waals surface area (Å²) in [7, 11) is 0. The van der Waals surface area contributed by atoms with Gasteiger partial charge in [-0.05, 0) is 59.7 Å². The first-order valence-electron chi connectivity index (χ1n) is 7.42. The number of anilines is 1. The molecule has 0 aromatic heterocycles. The Morgan fingerprint density at radius 1 is 1.10 bits per heavy atom. The zero-order valence-corrected chi connectivity index (χ0v) is 13.2. The molecular formula is C18H16BrNO. The van der Waals surface area contributed by atoms with E-state index < -0.39 is 0 Å². The molecule has 1 aliphatic heterocycles. The van der Waals surface area contributed by atoms with E-state index in [0.29, 0.717) is 6.42 Å². The number of aryl methyl sites for hydroxylation is 2. The number of fused-ring (bicyclic) bond motifs is 2. The molecule has 0 unspecified atom stereocenters. The van der Waals surface area contributed by atoms with Crippen molar-refractivity contribution in [3.63, 3.8) is 0 Å². The van der Waals surface area contributed by atoms with Crippen molar-refractivity contribution in [2.24, 2.45) is 0 Å². The normalized spacial score (nSPS) is 19.9. The molecule has 4 rings (SSSR count). The van der Waals surface area contributed by atoms with Gasteiger partial charge in [-0.25, -0.2) is 0 Å². The maximum absolute atomic E-state index is 12.1. The first-order valence-corrected chi connectivity index (χ1v) is 8.21. The van der Waals surface area contributed by atoms with Crippen LogP contribution in [0.5, 0.6) is 0 Å². The Balaban J connectivity index is 1.85. The molecule has 2 aliphatic rings. The number of benzene rings is 2. The van der Waals surface area contributed by atoms with Gasteiger partial charge in [-0.3, -0.25) is 4.79 Å². The lowest BCUT2D eigenvalue weighted by Gasteiger charge is -2.27. The fourth-order valence-corrected chi connectivity index (χ4v) is 3.97. The van der Waals surface area contributed by atoms with Crippen molar-refractivity contribution >= 4 is 27.5 Å². The van der Waals surface area contributed by atoms with Crippen molar-refractivity contribution in [1.29, 1.82) is 0 Å². The molecule has 1 aliphatic carbocycles. The van der Waals surface area contributed by atoms with Gasteiger partial charge in [-0.2, -0.15) is 0 Å². The molecule has 2 aromatic rings. The van der Waals surface area contributed by atoms with Crippen LogP contribution in [0.3, 0.4) is 0 Å². The number of carbonyl (C=O) groups excluding carboxylic acids is 1. The minimum atomic E-state index is 0.116. The van der Waals surface area contributed by atoms with Crippen LogP contribution in [0.4, 0.5) is 5.69 Å². The summed E-state index contributed by atoms with van der Waals surface area (Å²) in [6.45, 7) is 0. The number of hydrogen-bond acceptors (Lipinski definition) is 1. The van der Waals surface area contributed by atoms with E-state index >= 15 is 0 Å². The van der Waals surface area contributed by atoms with Crippen molar-refractivity contribution in [2.75, 3.05) is 5.32 Å². The summed E-state index contributed by atoms with van der Waals surface area (Å²) in [6, 6.07) is 12.8. The first kappa shape index (κ1) is 13.1. The Kier molecular flexibility index (Phi) is 3.11. The van der Waals surface area contributed by atoms with Crippen molar-refractivity contribution in [2.45, 2.75) is 31.6 Å². The van der Waals surface area contributed by atoms with Gasteiger partial charge in [0, 0.05) is 22.5 Å². The highest BCUT2D eigenvalue weighted by atomic mass is 79.9. The molecule has 21 heavy (non-hydrogen) atoms. The molecular weight excluding hydrogens is 326 g/mol. The highest BCUT2D eigenvalue weighted by Gasteiger charge is 2.28. The van der Waals surface area contributed by atoms with Gasteiger partial charge < -0.3 is 5.32 Å². The third-order valence-electron chi connectivity index (χ3n) is 4.55. The fourth-order valence-electron chi connectivity index (χ4n) is 3.56. The molecule has 0 spiro atoms. The lowest BCUT2D eigenvalue weighted by Crippen LogP contribution is -2.23. The second-order valence-corrected chi connectivity index (χ2v) is 6.84. The number of rotatable bonds is 1. The zero-order chi connectivity index (χ0) is 14.4. The van der Waals surface area contributed by atoms with Crippen LogP contribution in [-0.2, 0) is 17.6 Å². The average Bonchev–Trinajstić information content (AvgIpc) is 2.91. The lowest BCUT2D eigenvalue weighted by molar-refractivity contribution is -0.116. The van der Waals surface area contributed by atoms with E-state index in [1.807, 2.05) is 12.1 Å². The van der Waals surface area contributed by atoms with E-state index in [9.17, 15) is 4.79 Å². The molecule has 1 amide bonds. The molecule has 1 atom stereocenters. The largest absolute Gasteiger partial charge is 0.326 e. The van der Waals surface area contributed by atoms with Gasteiger partial charge in [0.2, 0.25) is 5.91 Å². The van der Waals surface area contributed by atoms with Crippen LogP contribution in [0.25, 0.3) is 0 Å². The summed E-state index contributed by atoms with van der Waals surface area (Å²) in [6.07, 6.45) is 4.07. The van der Waals surface area contributed by atoms with Crippen molar-refractivity contribution in [3.8, 4) is 0 Å². The van der Waals surface area contributed by atoms with Crippen LogP contribution in [0.15, 0.2) is 40.9 Å². The highest BCUT2D eigenvalue weighted by molar-refractivity contribution is 9.10. The van der Waals surface area contributed by atoms with E-state index in [0.717, 1.165) is 16.6 Å². The van der Waals surface area contributed by atoms with Crippen LogP contribution in [0.1, 0.15) is 41.0 Å². The van der Waals surface area contributed by atoms with Gasteiger partial charge in [-0.15, -0.1) is 0 Å². The smallest absolute Gasteiger partial charge is 0.225 e. The Morgan fingerprint density at radius 2 is 1.90 bits per heavy atom. The van der Waals surface area contributed by atoms with E-state index in [2.05, 4.69) is 45.5 Å². The second kappa shape index (κ2) is 4.99. The van der Waals surface area contributed by atoms with Crippen molar-refractivity contribution < 1.29 is 4.79 Å². The number of nitrogens with one attached hydrogen (secondary N) is 1. The van der Waals surface area contributed by atoms with E-state index in [1.54, 1.807) is 0 Å². The van der Waals surface area contributed by atoms with Crippen LogP contribution in [0.2, 0.25) is 0 Å². The van der Waals surface area contributed by atoms with Gasteiger partial charge >= 0.3 is 0 Å². The first-order chi connectivity index (χ1) is 10.2. The predicted molar refractivity (Wildman–Crippen MR) is 87.7 cm³/mol. The highest BCUT2D eigenvalue weighted by Crippen LogP contribution is 2.40. The third kappa shape index (κ3) is 2.30. The minimum absolute atomic E-state index is 0.116. The van der Waals surface area contributed by atoms with E-state index in [4.69, 9.17) is 0 Å². The van der Waals surface area contributed by atoms with E-state index in [1.165, 1.54) is 35.1 Å². The number of carbonyl (C=O) groups is 1. The van der Waals surface area contributed by atoms with Crippen LogP contribution in [-0.4, -0.2) is 5.91 Å². The maximum Gasteiger partial charge on any atom is 0.225 e. The van der Waals surface area contributed by atoms with Crippen LogP contribution in [0, 0.1) is 0 Å². The molecule has 0 bridgehead atoms. The molecule has 2 nitrogen and oxygen atoms in total. The van der Waals surface area contributed by atoms with Gasteiger partial charge in [0.1, 0.15) is 0 Å². The van der Waals surface area contributed by atoms with E-state index in [-0.39, 0.29) is 11.8 Å². The molecule has 3 heteroatoms. The van der Waals surface area contributed by atoms with Crippen LogP contribution >= 0.6 is 15.9 Å². The Hall–Kier alpha value is -1.61. The molecule has 2 aromatic carbocycles. The van der Waals surface area contributed by atoms with Crippen LogP contribution < -0.4 is 5.32 Å². The summed E-state index contributed by atoms with van der Waals surface area (Å²) >= 11 is 3.53. The predicted octanol–water partition coefficient (Wildman–Crippen LogP) is 4.41. The Bertz CT molecular complexity index is 738. The minimum Gasteiger partial charge on any atom is -0.326 e. The van der Waals surface area contributed by atoms with Crippen molar-refractivity contribution in [1.82, 2.24) is 0 Å². The molecule has 0 radical (unpaired) electrons. The lowest BCUT2D eigenvalue weighted by atomic mass is 9.83. The average molecular weight is 342 g/mol. The summed E-state index contributed by atoms with van der Waals surface area (Å²) in [5.74, 6) is 0.280. The molecule has 0 saturated carbocycles. The zero-order valence-electron chi connectivity index (χ0n) is 11.7. The molecule has 106 valence electrons. The number of hydrogen-bond donors (Lipinski definition) is 1. The van der Waals surface area contributed by atoms with Crippen molar-refractivity contribution in [3.05, 3.63) is 63.1 Å². The fraction of sp³-hybridized carbons (Fsp3) is 0.278.